The summed E-state index contributed by atoms with van der Waals surface area (Å²) in [4.78, 5) is 8.47. The molecule has 2 aliphatic rings. The zero-order valence-electron chi connectivity index (χ0n) is 8.46. The molecule has 0 amide bonds. The Morgan fingerprint density at radius 3 is 2.88 bits per heavy atom. The standard InChI is InChI=1S/C10H8BrF3N2O/c11-6-3-15-8(12)2-4(6)10(9(13)14)5-1-7(5)17-16-10/h2-3,5,7,9,16H,1H2. The molecule has 3 rings (SSSR count). The Labute approximate surface area is 103 Å². The van der Waals surface area contributed by atoms with Crippen molar-refractivity contribution in [1.82, 2.24) is 10.5 Å². The molecule has 0 radical (unpaired) electrons. The maximum absolute atomic E-state index is 13.4. The first-order chi connectivity index (χ1) is 8.05. The second-order valence-corrected chi connectivity index (χ2v) is 5.11. The van der Waals surface area contributed by atoms with Gasteiger partial charge in [-0.15, -0.1) is 0 Å². The summed E-state index contributed by atoms with van der Waals surface area (Å²) in [6.45, 7) is 0. The molecule has 3 unspecified atom stereocenters. The van der Waals surface area contributed by atoms with Gasteiger partial charge < -0.3 is 0 Å². The number of rotatable bonds is 2. The normalized spacial score (nSPS) is 35.1. The fraction of sp³-hybridized carbons (Fsp3) is 0.500. The zero-order chi connectivity index (χ0) is 12.2. The number of hydroxylamine groups is 1. The van der Waals surface area contributed by atoms with Crippen LogP contribution in [0.15, 0.2) is 16.7 Å². The molecule has 1 N–H and O–H groups in total. The molecule has 0 spiro atoms. The molecule has 3 atom stereocenters. The topological polar surface area (TPSA) is 34.1 Å². The Bertz CT molecular complexity index is 473. The Hall–Kier alpha value is -0.660. The van der Waals surface area contributed by atoms with E-state index >= 15 is 0 Å². The highest BCUT2D eigenvalue weighted by Gasteiger charge is 2.66. The first-order valence-electron chi connectivity index (χ1n) is 5.08. The molecule has 1 saturated heterocycles. The zero-order valence-corrected chi connectivity index (χ0v) is 10.0. The van der Waals surface area contributed by atoms with Crippen molar-refractivity contribution in [2.45, 2.75) is 24.5 Å². The third-order valence-electron chi connectivity index (χ3n) is 3.31. The molecule has 1 aliphatic heterocycles. The van der Waals surface area contributed by atoms with E-state index in [0.29, 0.717) is 10.9 Å². The molecular weight excluding hydrogens is 301 g/mol. The number of halogens is 4. The maximum Gasteiger partial charge on any atom is 0.263 e. The minimum absolute atomic E-state index is 0.157. The number of pyridine rings is 1. The number of nitrogens with one attached hydrogen (secondary N) is 1. The molecule has 1 aromatic rings. The summed E-state index contributed by atoms with van der Waals surface area (Å²) < 4.78 is 40.2. The summed E-state index contributed by atoms with van der Waals surface area (Å²) in [5.74, 6) is -1.10. The fourth-order valence-corrected chi connectivity index (χ4v) is 2.88. The first-order valence-corrected chi connectivity index (χ1v) is 5.87. The van der Waals surface area contributed by atoms with Gasteiger partial charge in [0.25, 0.3) is 6.43 Å². The summed E-state index contributed by atoms with van der Waals surface area (Å²) in [5, 5.41) is 0. The van der Waals surface area contributed by atoms with Gasteiger partial charge in [0.15, 0.2) is 0 Å². The summed E-state index contributed by atoms with van der Waals surface area (Å²) in [5.41, 5.74) is 0.905. The van der Waals surface area contributed by atoms with Crippen molar-refractivity contribution < 1.29 is 18.0 Å². The monoisotopic (exact) mass is 308 g/mol. The number of hydrogen-bond acceptors (Lipinski definition) is 3. The lowest BCUT2D eigenvalue weighted by molar-refractivity contribution is -0.0557. The van der Waals surface area contributed by atoms with E-state index in [9.17, 15) is 13.2 Å². The van der Waals surface area contributed by atoms with E-state index in [1.165, 1.54) is 6.20 Å². The number of alkyl halides is 2. The molecule has 0 bridgehead atoms. The van der Waals surface area contributed by atoms with Crippen LogP contribution in [0.2, 0.25) is 0 Å². The van der Waals surface area contributed by atoms with E-state index in [2.05, 4.69) is 26.4 Å². The van der Waals surface area contributed by atoms with E-state index in [1.807, 2.05) is 0 Å². The molecule has 2 fully saturated rings. The van der Waals surface area contributed by atoms with Gasteiger partial charge in [0.1, 0.15) is 5.54 Å². The van der Waals surface area contributed by atoms with Crippen molar-refractivity contribution >= 4 is 15.9 Å². The highest BCUT2D eigenvalue weighted by molar-refractivity contribution is 9.10. The quantitative estimate of drug-likeness (QED) is 0.852. The fourth-order valence-electron chi connectivity index (χ4n) is 2.34. The van der Waals surface area contributed by atoms with E-state index < -0.39 is 17.9 Å². The van der Waals surface area contributed by atoms with Gasteiger partial charge in [-0.25, -0.2) is 13.8 Å². The van der Waals surface area contributed by atoms with Crippen molar-refractivity contribution in [3.8, 4) is 0 Å². The van der Waals surface area contributed by atoms with Crippen LogP contribution in [0.4, 0.5) is 13.2 Å². The molecule has 3 nitrogen and oxygen atoms in total. The minimum atomic E-state index is -2.68. The second-order valence-electron chi connectivity index (χ2n) is 4.26. The van der Waals surface area contributed by atoms with Crippen LogP contribution in [-0.4, -0.2) is 17.5 Å². The predicted octanol–water partition coefficient (Wildman–Crippen LogP) is 2.37. The Balaban J connectivity index is 2.13. The summed E-state index contributed by atoms with van der Waals surface area (Å²) in [6, 6.07) is 1.02. The predicted molar refractivity (Wildman–Crippen MR) is 55.7 cm³/mol. The molecular formula is C10H8BrF3N2O. The van der Waals surface area contributed by atoms with Gasteiger partial charge in [-0.1, -0.05) is 0 Å². The molecule has 17 heavy (non-hydrogen) atoms. The van der Waals surface area contributed by atoms with Crippen molar-refractivity contribution in [3.63, 3.8) is 0 Å². The molecule has 1 aromatic heterocycles. The lowest BCUT2D eigenvalue weighted by atomic mass is 9.87. The van der Waals surface area contributed by atoms with Crippen LogP contribution in [0.3, 0.4) is 0 Å². The summed E-state index contributed by atoms with van der Waals surface area (Å²) in [7, 11) is 0. The first kappa shape index (κ1) is 11.4. The number of hydrogen-bond donors (Lipinski definition) is 1. The van der Waals surface area contributed by atoms with E-state index in [-0.39, 0.29) is 17.6 Å². The molecule has 7 heteroatoms. The van der Waals surface area contributed by atoms with Gasteiger partial charge in [0.2, 0.25) is 5.95 Å². The van der Waals surface area contributed by atoms with Crippen LogP contribution in [0.1, 0.15) is 12.0 Å². The van der Waals surface area contributed by atoms with Gasteiger partial charge >= 0.3 is 0 Å². The molecule has 1 saturated carbocycles. The maximum atomic E-state index is 13.4. The Morgan fingerprint density at radius 2 is 2.35 bits per heavy atom. The van der Waals surface area contributed by atoms with E-state index in [4.69, 9.17) is 4.84 Å². The molecule has 92 valence electrons. The van der Waals surface area contributed by atoms with Crippen molar-refractivity contribution in [1.29, 1.82) is 0 Å². The minimum Gasteiger partial charge on any atom is -0.297 e. The highest BCUT2D eigenvalue weighted by atomic mass is 79.9. The van der Waals surface area contributed by atoms with Crippen molar-refractivity contribution in [2.75, 3.05) is 0 Å². The molecule has 2 heterocycles. The third-order valence-corrected chi connectivity index (χ3v) is 3.94. The van der Waals surface area contributed by atoms with Crippen LogP contribution in [0, 0.1) is 11.9 Å². The summed E-state index contributed by atoms with van der Waals surface area (Å²) in [6.07, 6.45) is -1.13. The van der Waals surface area contributed by atoms with Gasteiger partial charge in [-0.3, -0.25) is 4.84 Å². The van der Waals surface area contributed by atoms with Crippen LogP contribution in [0.25, 0.3) is 0 Å². The van der Waals surface area contributed by atoms with Gasteiger partial charge in [0, 0.05) is 22.2 Å². The third kappa shape index (κ3) is 1.52. The van der Waals surface area contributed by atoms with Gasteiger partial charge in [0.05, 0.1) is 6.10 Å². The number of fused-ring (bicyclic) bond motifs is 1. The lowest BCUT2D eigenvalue weighted by Gasteiger charge is -2.30. The van der Waals surface area contributed by atoms with Crippen LogP contribution in [0.5, 0.6) is 0 Å². The van der Waals surface area contributed by atoms with Crippen LogP contribution < -0.4 is 5.48 Å². The average molecular weight is 309 g/mol. The smallest absolute Gasteiger partial charge is 0.263 e. The average Bonchev–Trinajstić information content (AvgIpc) is 2.97. The Kier molecular flexibility index (Phi) is 2.46. The summed E-state index contributed by atoms with van der Waals surface area (Å²) >= 11 is 3.13. The largest absolute Gasteiger partial charge is 0.297 e. The van der Waals surface area contributed by atoms with Crippen molar-refractivity contribution in [3.05, 3.63) is 28.2 Å². The number of nitrogens with zero attached hydrogens (tertiary/aromatic N) is 1. The van der Waals surface area contributed by atoms with E-state index in [0.717, 1.165) is 6.07 Å². The number of aromatic nitrogens is 1. The Morgan fingerprint density at radius 1 is 1.59 bits per heavy atom. The lowest BCUT2D eigenvalue weighted by Crippen LogP contribution is -2.47. The van der Waals surface area contributed by atoms with Crippen molar-refractivity contribution in [2.24, 2.45) is 5.92 Å². The van der Waals surface area contributed by atoms with Gasteiger partial charge in [-0.2, -0.15) is 9.87 Å². The molecule has 1 aliphatic carbocycles. The highest BCUT2D eigenvalue weighted by Crippen LogP contribution is 2.56. The second kappa shape index (κ2) is 3.66. The van der Waals surface area contributed by atoms with E-state index in [1.54, 1.807) is 0 Å². The van der Waals surface area contributed by atoms with Crippen LogP contribution in [-0.2, 0) is 10.4 Å². The SMILES string of the molecule is Fc1cc(C2(C(F)F)NOC3CC32)c(Br)cn1. The van der Waals surface area contributed by atoms with Gasteiger partial charge in [-0.05, 0) is 28.4 Å². The van der Waals surface area contributed by atoms with Crippen LogP contribution >= 0.6 is 15.9 Å². The molecule has 0 aromatic carbocycles.